The number of benzene rings is 2. The molecule has 1 atom stereocenters. The van der Waals surface area contributed by atoms with E-state index in [-0.39, 0.29) is 23.4 Å². The van der Waals surface area contributed by atoms with E-state index < -0.39 is 6.04 Å². The Hall–Kier alpha value is -2.05. The smallest absolute Gasteiger partial charge is 0.242 e. The zero-order valence-electron chi connectivity index (χ0n) is 18.1. The van der Waals surface area contributed by atoms with Crippen LogP contribution >= 0.6 is 23.4 Å². The Balaban J connectivity index is 2.08. The quantitative estimate of drug-likeness (QED) is 0.426. The molecule has 2 aromatic carbocycles. The Labute approximate surface area is 193 Å². The van der Waals surface area contributed by atoms with Crippen molar-refractivity contribution < 1.29 is 14.0 Å². The number of thioether (sulfide) groups is 1. The number of amides is 2. The van der Waals surface area contributed by atoms with Crippen molar-refractivity contribution >= 4 is 35.2 Å². The zero-order chi connectivity index (χ0) is 22.6. The van der Waals surface area contributed by atoms with Gasteiger partial charge in [-0.2, -0.15) is 0 Å². The fourth-order valence-electron chi connectivity index (χ4n) is 3.13. The molecule has 31 heavy (non-hydrogen) atoms. The summed E-state index contributed by atoms with van der Waals surface area (Å²) in [5.74, 6) is 0.337. The Morgan fingerprint density at radius 3 is 2.32 bits per heavy atom. The molecule has 0 aliphatic heterocycles. The van der Waals surface area contributed by atoms with Gasteiger partial charge in [0.15, 0.2) is 0 Å². The van der Waals surface area contributed by atoms with E-state index in [4.69, 9.17) is 11.6 Å². The third kappa shape index (κ3) is 8.54. The van der Waals surface area contributed by atoms with E-state index in [9.17, 15) is 14.0 Å². The largest absolute Gasteiger partial charge is 0.354 e. The molecular formula is C24H30ClFN2O2S. The number of unbranched alkanes of at least 4 members (excludes halogenated alkanes) is 1. The number of hydrogen-bond donors (Lipinski definition) is 1. The van der Waals surface area contributed by atoms with Crippen LogP contribution in [-0.2, 0) is 21.9 Å². The first-order chi connectivity index (χ1) is 14.9. The van der Waals surface area contributed by atoms with E-state index in [1.165, 1.54) is 23.9 Å². The molecule has 0 saturated carbocycles. The molecule has 0 unspecified atom stereocenters. The van der Waals surface area contributed by atoms with E-state index in [1.807, 2.05) is 19.1 Å². The zero-order valence-corrected chi connectivity index (χ0v) is 19.6. The van der Waals surface area contributed by atoms with Gasteiger partial charge in [-0.1, -0.05) is 56.1 Å². The molecule has 0 saturated heterocycles. The lowest BCUT2D eigenvalue weighted by Gasteiger charge is -2.30. The van der Waals surface area contributed by atoms with E-state index >= 15 is 0 Å². The SMILES string of the molecule is CCCCNC(=O)[C@@H](CC)N(Cc1ccc(Cl)cc1)C(=O)CSCc1ccc(F)cc1. The van der Waals surface area contributed by atoms with Crippen molar-refractivity contribution in [3.8, 4) is 0 Å². The molecule has 0 aromatic heterocycles. The van der Waals surface area contributed by atoms with Gasteiger partial charge in [0.1, 0.15) is 11.9 Å². The number of nitrogens with zero attached hydrogens (tertiary/aromatic N) is 1. The van der Waals surface area contributed by atoms with Crippen molar-refractivity contribution in [2.75, 3.05) is 12.3 Å². The summed E-state index contributed by atoms with van der Waals surface area (Å²) >= 11 is 7.44. The summed E-state index contributed by atoms with van der Waals surface area (Å²) in [7, 11) is 0. The van der Waals surface area contributed by atoms with Crippen LogP contribution in [0.2, 0.25) is 5.02 Å². The summed E-state index contributed by atoms with van der Waals surface area (Å²) < 4.78 is 13.1. The summed E-state index contributed by atoms with van der Waals surface area (Å²) in [4.78, 5) is 27.6. The van der Waals surface area contributed by atoms with E-state index in [0.717, 1.165) is 24.0 Å². The highest BCUT2D eigenvalue weighted by Crippen LogP contribution is 2.18. The fraction of sp³-hybridized carbons (Fsp3) is 0.417. The number of halogens is 2. The fourth-order valence-corrected chi connectivity index (χ4v) is 4.13. The summed E-state index contributed by atoms with van der Waals surface area (Å²) in [5.41, 5.74) is 1.87. The highest BCUT2D eigenvalue weighted by Gasteiger charge is 2.28. The second-order valence-corrected chi connectivity index (χ2v) is 8.76. The first-order valence-corrected chi connectivity index (χ1v) is 12.1. The Kier molecular flexibility index (Phi) is 10.9. The average Bonchev–Trinajstić information content (AvgIpc) is 2.76. The van der Waals surface area contributed by atoms with Crippen molar-refractivity contribution in [2.45, 2.75) is 51.4 Å². The number of nitrogens with one attached hydrogen (secondary N) is 1. The minimum absolute atomic E-state index is 0.0976. The monoisotopic (exact) mass is 464 g/mol. The molecular weight excluding hydrogens is 435 g/mol. The minimum atomic E-state index is -0.536. The maximum atomic E-state index is 13.1. The van der Waals surface area contributed by atoms with Gasteiger partial charge in [-0.25, -0.2) is 4.39 Å². The van der Waals surface area contributed by atoms with Gasteiger partial charge in [-0.3, -0.25) is 9.59 Å². The van der Waals surface area contributed by atoms with Crippen LogP contribution in [0.1, 0.15) is 44.2 Å². The van der Waals surface area contributed by atoms with Crippen LogP contribution in [0.25, 0.3) is 0 Å². The summed E-state index contributed by atoms with van der Waals surface area (Å²) in [6.07, 6.45) is 2.42. The molecule has 2 aromatic rings. The molecule has 168 valence electrons. The van der Waals surface area contributed by atoms with Crippen LogP contribution in [0.4, 0.5) is 4.39 Å². The standard InChI is InChI=1S/C24H30ClFN2O2S/c1-3-5-14-27-24(30)22(4-2)28(15-18-6-10-20(25)11-7-18)23(29)17-31-16-19-8-12-21(26)13-9-19/h6-13,22H,3-5,14-17H2,1-2H3,(H,27,30)/t22-/m1/s1. The molecule has 0 bridgehead atoms. The van der Waals surface area contributed by atoms with Crippen LogP contribution in [0.15, 0.2) is 48.5 Å². The topological polar surface area (TPSA) is 49.4 Å². The Morgan fingerprint density at radius 1 is 1.06 bits per heavy atom. The predicted octanol–water partition coefficient (Wildman–Crippen LogP) is 5.44. The highest BCUT2D eigenvalue weighted by atomic mass is 35.5. The summed E-state index contributed by atoms with van der Waals surface area (Å²) in [6.45, 7) is 4.93. The molecule has 4 nitrogen and oxygen atoms in total. The van der Waals surface area contributed by atoms with E-state index in [2.05, 4.69) is 12.2 Å². The van der Waals surface area contributed by atoms with Crippen molar-refractivity contribution in [3.05, 3.63) is 70.5 Å². The van der Waals surface area contributed by atoms with E-state index in [1.54, 1.807) is 29.2 Å². The second kappa shape index (κ2) is 13.4. The van der Waals surface area contributed by atoms with Crippen molar-refractivity contribution in [1.82, 2.24) is 10.2 Å². The van der Waals surface area contributed by atoms with Crippen molar-refractivity contribution in [3.63, 3.8) is 0 Å². The molecule has 0 radical (unpaired) electrons. The number of rotatable bonds is 12. The molecule has 7 heteroatoms. The first-order valence-electron chi connectivity index (χ1n) is 10.6. The van der Waals surface area contributed by atoms with Crippen molar-refractivity contribution in [1.29, 1.82) is 0 Å². The van der Waals surface area contributed by atoms with Crippen molar-refractivity contribution in [2.24, 2.45) is 0 Å². The van der Waals surface area contributed by atoms with Gasteiger partial charge >= 0.3 is 0 Å². The van der Waals surface area contributed by atoms with Gasteiger partial charge < -0.3 is 10.2 Å². The maximum absolute atomic E-state index is 13.1. The van der Waals surface area contributed by atoms with Crippen LogP contribution in [0, 0.1) is 5.82 Å². The molecule has 0 spiro atoms. The second-order valence-electron chi connectivity index (χ2n) is 7.34. The third-order valence-corrected chi connectivity index (χ3v) is 6.13. The molecule has 0 fully saturated rings. The number of carbonyl (C=O) groups is 2. The van der Waals surface area contributed by atoms with Crippen LogP contribution in [0.3, 0.4) is 0 Å². The summed E-state index contributed by atoms with van der Waals surface area (Å²) in [6, 6.07) is 13.0. The molecule has 0 aliphatic carbocycles. The number of carbonyl (C=O) groups excluding carboxylic acids is 2. The van der Waals surface area contributed by atoms with Crippen LogP contribution < -0.4 is 5.32 Å². The summed E-state index contributed by atoms with van der Waals surface area (Å²) in [5, 5.41) is 3.58. The molecule has 0 heterocycles. The van der Waals surface area contributed by atoms with Gasteiger partial charge in [-0.15, -0.1) is 11.8 Å². The van der Waals surface area contributed by atoms with Gasteiger partial charge in [0, 0.05) is 23.9 Å². The third-order valence-electron chi connectivity index (χ3n) is 4.89. The normalized spacial score (nSPS) is 11.7. The van der Waals surface area contributed by atoms with Gasteiger partial charge in [0.2, 0.25) is 11.8 Å². The lowest BCUT2D eigenvalue weighted by molar-refractivity contribution is -0.139. The average molecular weight is 465 g/mol. The molecule has 2 rings (SSSR count). The van der Waals surface area contributed by atoms with Gasteiger partial charge in [0.25, 0.3) is 0 Å². The first kappa shape index (κ1) is 25.2. The maximum Gasteiger partial charge on any atom is 0.242 e. The lowest BCUT2D eigenvalue weighted by Crippen LogP contribution is -2.49. The van der Waals surface area contributed by atoms with Gasteiger partial charge in [-0.05, 0) is 48.2 Å². The van der Waals surface area contributed by atoms with E-state index in [0.29, 0.717) is 30.3 Å². The molecule has 0 aliphatic rings. The molecule has 2 amide bonds. The van der Waals surface area contributed by atoms with Gasteiger partial charge in [0.05, 0.1) is 5.75 Å². The Bertz CT molecular complexity index is 830. The van der Waals surface area contributed by atoms with Crippen LogP contribution in [-0.4, -0.2) is 35.1 Å². The predicted molar refractivity (Wildman–Crippen MR) is 127 cm³/mol. The minimum Gasteiger partial charge on any atom is -0.354 e. The highest BCUT2D eigenvalue weighted by molar-refractivity contribution is 7.99. The van der Waals surface area contributed by atoms with Crippen LogP contribution in [0.5, 0.6) is 0 Å². The number of hydrogen-bond acceptors (Lipinski definition) is 3. The Morgan fingerprint density at radius 2 is 1.71 bits per heavy atom. The lowest BCUT2D eigenvalue weighted by atomic mass is 10.1. The molecule has 1 N–H and O–H groups in total.